The van der Waals surface area contributed by atoms with Gasteiger partial charge in [-0.3, -0.25) is 0 Å². The lowest BCUT2D eigenvalue weighted by Gasteiger charge is -2.09. The van der Waals surface area contributed by atoms with Crippen molar-refractivity contribution in [1.82, 2.24) is 4.72 Å². The Balaban J connectivity index is 2.27. The van der Waals surface area contributed by atoms with Crippen molar-refractivity contribution in [2.24, 2.45) is 0 Å². The Morgan fingerprint density at radius 3 is 2.81 bits per heavy atom. The van der Waals surface area contributed by atoms with E-state index in [-0.39, 0.29) is 16.7 Å². The van der Waals surface area contributed by atoms with Gasteiger partial charge in [0.25, 0.3) is 0 Å². The van der Waals surface area contributed by atoms with Gasteiger partial charge in [0.2, 0.25) is 10.0 Å². The highest BCUT2D eigenvalue weighted by Crippen LogP contribution is 2.26. The molecule has 0 atom stereocenters. The predicted molar refractivity (Wildman–Crippen MR) is 86.2 cm³/mol. The number of thiophene rings is 1. The molecule has 114 valence electrons. The summed E-state index contributed by atoms with van der Waals surface area (Å²) in [7, 11) is -3.97. The molecule has 0 unspecified atom stereocenters. The van der Waals surface area contributed by atoms with Crippen LogP contribution in [0.3, 0.4) is 0 Å². The van der Waals surface area contributed by atoms with Crippen LogP contribution < -0.4 is 10.5 Å². The number of aryl methyl sites for hydroxylation is 1. The molecule has 1 aromatic heterocycles. The summed E-state index contributed by atoms with van der Waals surface area (Å²) < 4.78 is 40.9. The van der Waals surface area contributed by atoms with Crippen LogP contribution >= 0.6 is 27.3 Å². The van der Waals surface area contributed by atoms with Gasteiger partial charge in [0, 0.05) is 17.1 Å². The van der Waals surface area contributed by atoms with E-state index in [1.165, 1.54) is 17.4 Å². The van der Waals surface area contributed by atoms with Crippen LogP contribution in [0.15, 0.2) is 32.9 Å². The minimum absolute atomic E-state index is 0.0215. The van der Waals surface area contributed by atoms with Crippen molar-refractivity contribution in [3.8, 4) is 0 Å². The highest BCUT2D eigenvalue weighted by atomic mass is 79.9. The first-order valence-corrected chi connectivity index (χ1v) is 9.30. The molecule has 1 heterocycles. The van der Waals surface area contributed by atoms with Crippen LogP contribution in [0.25, 0.3) is 0 Å². The highest BCUT2D eigenvalue weighted by Gasteiger charge is 2.22. The van der Waals surface area contributed by atoms with Crippen molar-refractivity contribution in [2.45, 2.75) is 24.8 Å². The third-order valence-corrected chi connectivity index (χ3v) is 5.89. The van der Waals surface area contributed by atoms with Gasteiger partial charge in [0.15, 0.2) is 5.82 Å². The molecule has 4 nitrogen and oxygen atoms in total. The maximum Gasteiger partial charge on any atom is 0.243 e. The van der Waals surface area contributed by atoms with Gasteiger partial charge in [0.1, 0.15) is 4.90 Å². The number of sulfonamides is 1. The lowest BCUT2D eigenvalue weighted by molar-refractivity contribution is 0.554. The van der Waals surface area contributed by atoms with E-state index in [0.717, 1.165) is 22.9 Å². The zero-order valence-electron chi connectivity index (χ0n) is 11.2. The smallest absolute Gasteiger partial charge is 0.243 e. The number of anilines is 1. The molecule has 1 aromatic carbocycles. The Morgan fingerprint density at radius 2 is 2.14 bits per heavy atom. The third kappa shape index (κ3) is 3.63. The summed E-state index contributed by atoms with van der Waals surface area (Å²) in [5.74, 6) is -0.849. The molecule has 2 aromatic rings. The lowest BCUT2D eigenvalue weighted by Crippen LogP contribution is -2.24. The normalized spacial score (nSPS) is 11.8. The average molecular weight is 393 g/mol. The molecular formula is C13H14BrFN2O2S2. The molecule has 0 fully saturated rings. The second kappa shape index (κ2) is 6.43. The summed E-state index contributed by atoms with van der Waals surface area (Å²) in [6, 6.07) is 4.38. The van der Waals surface area contributed by atoms with E-state index in [1.807, 2.05) is 18.4 Å². The maximum atomic E-state index is 14.0. The number of hydrogen-bond acceptors (Lipinski definition) is 4. The van der Waals surface area contributed by atoms with Crippen LogP contribution in [-0.4, -0.2) is 8.42 Å². The molecule has 0 saturated heterocycles. The van der Waals surface area contributed by atoms with E-state index in [2.05, 4.69) is 20.7 Å². The molecule has 8 heteroatoms. The van der Waals surface area contributed by atoms with Gasteiger partial charge in [0.05, 0.1) is 4.47 Å². The van der Waals surface area contributed by atoms with Gasteiger partial charge in [-0.15, -0.1) is 11.3 Å². The van der Waals surface area contributed by atoms with Crippen molar-refractivity contribution in [2.75, 3.05) is 5.73 Å². The summed E-state index contributed by atoms with van der Waals surface area (Å²) in [6.45, 7) is 2.13. The molecule has 0 aliphatic rings. The fourth-order valence-electron chi connectivity index (χ4n) is 1.85. The molecule has 0 aliphatic heterocycles. The first-order valence-electron chi connectivity index (χ1n) is 6.14. The molecular weight excluding hydrogens is 379 g/mol. The minimum Gasteiger partial charge on any atom is -0.399 e. The number of benzene rings is 1. The number of nitrogen functional groups attached to an aromatic ring is 1. The van der Waals surface area contributed by atoms with Crippen LogP contribution in [0.1, 0.15) is 17.4 Å². The van der Waals surface area contributed by atoms with E-state index >= 15 is 0 Å². The molecule has 0 spiro atoms. The van der Waals surface area contributed by atoms with Crippen LogP contribution in [0.5, 0.6) is 0 Å². The van der Waals surface area contributed by atoms with Crippen molar-refractivity contribution >= 4 is 43.0 Å². The monoisotopic (exact) mass is 392 g/mol. The largest absolute Gasteiger partial charge is 0.399 e. The van der Waals surface area contributed by atoms with Gasteiger partial charge in [-0.2, -0.15) is 0 Å². The van der Waals surface area contributed by atoms with E-state index in [9.17, 15) is 12.8 Å². The zero-order valence-corrected chi connectivity index (χ0v) is 14.4. The van der Waals surface area contributed by atoms with E-state index in [4.69, 9.17) is 5.73 Å². The second-order valence-corrected chi connectivity index (χ2v) is 7.95. The van der Waals surface area contributed by atoms with Crippen LogP contribution in [0.4, 0.5) is 10.1 Å². The van der Waals surface area contributed by atoms with Gasteiger partial charge in [-0.25, -0.2) is 17.5 Å². The Hall–Kier alpha value is -0.960. The number of nitrogens with two attached hydrogens (primary N) is 1. The van der Waals surface area contributed by atoms with E-state index < -0.39 is 20.7 Å². The van der Waals surface area contributed by atoms with Gasteiger partial charge in [-0.1, -0.05) is 6.92 Å². The molecule has 0 bridgehead atoms. The molecule has 21 heavy (non-hydrogen) atoms. The third-order valence-electron chi connectivity index (χ3n) is 2.95. The predicted octanol–water partition coefficient (Wildman–Crippen LogP) is 3.27. The van der Waals surface area contributed by atoms with E-state index in [0.29, 0.717) is 0 Å². The fourth-order valence-corrected chi connectivity index (χ4v) is 4.60. The number of rotatable bonds is 5. The Kier molecular flexibility index (Phi) is 5.03. The highest BCUT2D eigenvalue weighted by molar-refractivity contribution is 9.10. The van der Waals surface area contributed by atoms with Gasteiger partial charge in [-0.05, 0) is 51.5 Å². The average Bonchev–Trinajstić information content (AvgIpc) is 2.88. The first-order chi connectivity index (χ1) is 9.85. The molecule has 2 rings (SSSR count). The quantitative estimate of drug-likeness (QED) is 0.766. The summed E-state index contributed by atoms with van der Waals surface area (Å²) in [5.41, 5.74) is 6.83. The molecule has 3 N–H and O–H groups in total. The Bertz CT molecular complexity index is 760. The summed E-state index contributed by atoms with van der Waals surface area (Å²) in [6.07, 6.45) is 0.818. The zero-order chi connectivity index (χ0) is 15.6. The number of halogens is 2. The van der Waals surface area contributed by atoms with Crippen LogP contribution in [-0.2, 0) is 23.0 Å². The molecule has 0 aliphatic carbocycles. The standard InChI is InChI=1S/C13H14BrFN2O2S2/c1-2-8-3-4-20-11(8)7-17-21(18,19)12-6-9(16)5-10(14)13(12)15/h3-6,17H,2,7,16H2,1H3. The molecule has 0 amide bonds. The number of nitrogens with one attached hydrogen (secondary N) is 1. The number of hydrogen-bond donors (Lipinski definition) is 2. The summed E-state index contributed by atoms with van der Waals surface area (Å²) in [5, 5.41) is 1.90. The summed E-state index contributed by atoms with van der Waals surface area (Å²) >= 11 is 4.42. The van der Waals surface area contributed by atoms with Crippen molar-refractivity contribution in [1.29, 1.82) is 0 Å². The van der Waals surface area contributed by atoms with Gasteiger partial charge >= 0.3 is 0 Å². The van der Waals surface area contributed by atoms with Crippen LogP contribution in [0.2, 0.25) is 0 Å². The second-order valence-electron chi connectivity index (χ2n) is 4.36. The van der Waals surface area contributed by atoms with Crippen molar-refractivity contribution in [3.63, 3.8) is 0 Å². The minimum atomic E-state index is -3.97. The van der Waals surface area contributed by atoms with Crippen molar-refractivity contribution < 1.29 is 12.8 Å². The van der Waals surface area contributed by atoms with Gasteiger partial charge < -0.3 is 5.73 Å². The Morgan fingerprint density at radius 1 is 1.43 bits per heavy atom. The topological polar surface area (TPSA) is 72.2 Å². The Labute approximate surface area is 135 Å². The molecule has 0 radical (unpaired) electrons. The maximum absolute atomic E-state index is 14.0. The fraction of sp³-hybridized carbons (Fsp3) is 0.231. The van der Waals surface area contributed by atoms with Crippen molar-refractivity contribution in [3.05, 3.63) is 44.3 Å². The van der Waals surface area contributed by atoms with Crippen LogP contribution in [0, 0.1) is 5.82 Å². The lowest BCUT2D eigenvalue weighted by atomic mass is 10.2. The first kappa shape index (κ1) is 16.4. The summed E-state index contributed by atoms with van der Waals surface area (Å²) in [4.78, 5) is 0.466. The SMILES string of the molecule is CCc1ccsc1CNS(=O)(=O)c1cc(N)cc(Br)c1F. The van der Waals surface area contributed by atoms with E-state index in [1.54, 1.807) is 0 Å². The molecule has 0 saturated carbocycles.